The molecule has 4 rings (SSSR count). The predicted molar refractivity (Wildman–Crippen MR) is 107 cm³/mol. The van der Waals surface area contributed by atoms with Crippen LogP contribution in [0.25, 0.3) is 21.3 Å². The summed E-state index contributed by atoms with van der Waals surface area (Å²) >= 11 is 9.03. The van der Waals surface area contributed by atoms with E-state index in [1.165, 1.54) is 16.9 Å². The third-order valence-corrected chi connectivity index (χ3v) is 5.40. The first-order chi connectivity index (χ1) is 12.2. The van der Waals surface area contributed by atoms with Crippen molar-refractivity contribution in [3.05, 3.63) is 64.3 Å². The lowest BCUT2D eigenvalue weighted by molar-refractivity contribution is 0.262. The van der Waals surface area contributed by atoms with Crippen molar-refractivity contribution >= 4 is 61.3 Å². The molecule has 0 unspecified atom stereocenters. The fourth-order valence-electron chi connectivity index (χ4n) is 2.41. The number of carbonyl (C=O) groups excluding carboxylic acids is 1. The molecule has 0 aliphatic rings. The number of halogens is 1. The zero-order chi connectivity index (χ0) is 17.2. The molecule has 124 valence electrons. The number of benzene rings is 2. The Morgan fingerprint density at radius 3 is 2.76 bits per heavy atom. The second-order valence-corrected chi connectivity index (χ2v) is 7.55. The topological polar surface area (TPSA) is 54.0 Å². The van der Waals surface area contributed by atoms with E-state index in [9.17, 15) is 4.79 Å². The Morgan fingerprint density at radius 2 is 1.96 bits per heavy atom. The molecule has 4 nitrogen and oxygen atoms in total. The summed E-state index contributed by atoms with van der Waals surface area (Å²) in [7, 11) is 0. The maximum Gasteiger partial charge on any atom is 0.325 e. The van der Waals surface area contributed by atoms with E-state index in [1.807, 2.05) is 12.1 Å². The summed E-state index contributed by atoms with van der Waals surface area (Å²) in [5.74, 6) is 0. The van der Waals surface area contributed by atoms with Gasteiger partial charge in [0.1, 0.15) is 0 Å². The summed E-state index contributed by atoms with van der Waals surface area (Å²) in [6, 6.07) is 14.8. The Balaban J connectivity index is 1.52. The van der Waals surface area contributed by atoms with Crippen molar-refractivity contribution in [3.63, 3.8) is 0 Å². The summed E-state index contributed by atoms with van der Waals surface area (Å²) in [4.78, 5) is 16.6. The van der Waals surface area contributed by atoms with Crippen molar-refractivity contribution < 1.29 is 4.79 Å². The Kier molecular flexibility index (Phi) is 4.40. The molecule has 0 atom stereocenters. The molecule has 4 aromatic rings. The zero-order valence-electron chi connectivity index (χ0n) is 12.8. The molecule has 7 heteroatoms. The Bertz CT molecular complexity index is 1040. The lowest BCUT2D eigenvalue weighted by Crippen LogP contribution is -2.19. The van der Waals surface area contributed by atoms with Crippen LogP contribution in [0.1, 0.15) is 0 Å². The minimum absolute atomic E-state index is 0.348. The minimum atomic E-state index is -0.348. The van der Waals surface area contributed by atoms with Gasteiger partial charge in [-0.05, 0) is 58.3 Å². The number of aromatic nitrogens is 1. The van der Waals surface area contributed by atoms with Crippen LogP contribution in [0.5, 0.6) is 0 Å². The summed E-state index contributed by atoms with van der Waals surface area (Å²) in [5.41, 5.74) is 3.83. The van der Waals surface area contributed by atoms with Crippen LogP contribution in [-0.2, 0) is 0 Å². The van der Waals surface area contributed by atoms with Gasteiger partial charge in [-0.3, -0.25) is 5.32 Å². The van der Waals surface area contributed by atoms with Crippen molar-refractivity contribution in [1.29, 1.82) is 0 Å². The van der Waals surface area contributed by atoms with Crippen molar-refractivity contribution in [3.8, 4) is 11.1 Å². The quantitative estimate of drug-likeness (QED) is 0.433. The molecule has 2 heterocycles. The monoisotopic (exact) mass is 385 g/mol. The molecular weight excluding hydrogens is 374 g/mol. The van der Waals surface area contributed by atoms with E-state index in [2.05, 4.69) is 38.5 Å². The van der Waals surface area contributed by atoms with Crippen LogP contribution in [0.2, 0.25) is 5.02 Å². The van der Waals surface area contributed by atoms with Gasteiger partial charge in [-0.15, -0.1) is 0 Å². The van der Waals surface area contributed by atoms with Crippen LogP contribution in [0.3, 0.4) is 0 Å². The number of amides is 2. The smallest absolute Gasteiger partial charge is 0.308 e. The number of nitrogens with zero attached hydrogens (tertiary/aromatic N) is 1. The number of thiophene rings is 1. The highest BCUT2D eigenvalue weighted by atomic mass is 35.5. The molecule has 0 fully saturated rings. The predicted octanol–water partition coefficient (Wildman–Crippen LogP) is 6.32. The van der Waals surface area contributed by atoms with Gasteiger partial charge >= 0.3 is 6.03 Å². The van der Waals surface area contributed by atoms with Crippen molar-refractivity contribution in [1.82, 2.24) is 4.98 Å². The average Bonchev–Trinajstić information content (AvgIpc) is 3.23. The Morgan fingerprint density at radius 1 is 1.04 bits per heavy atom. The van der Waals surface area contributed by atoms with Gasteiger partial charge in [-0.2, -0.15) is 11.3 Å². The summed E-state index contributed by atoms with van der Waals surface area (Å²) < 4.78 is 1.03. The Labute approximate surface area is 157 Å². The number of urea groups is 1. The summed E-state index contributed by atoms with van der Waals surface area (Å²) in [6.07, 6.45) is 0. The third-order valence-electron chi connectivity index (χ3n) is 3.55. The van der Waals surface area contributed by atoms with Crippen molar-refractivity contribution in [2.75, 3.05) is 10.6 Å². The van der Waals surface area contributed by atoms with Gasteiger partial charge in [-0.25, -0.2) is 9.78 Å². The molecule has 0 saturated heterocycles. The minimum Gasteiger partial charge on any atom is -0.308 e. The lowest BCUT2D eigenvalue weighted by atomic mass is 10.1. The van der Waals surface area contributed by atoms with Gasteiger partial charge in [0.2, 0.25) is 0 Å². The third kappa shape index (κ3) is 3.66. The number of anilines is 2. The molecule has 2 N–H and O–H groups in total. The van der Waals surface area contributed by atoms with E-state index in [0.717, 1.165) is 15.8 Å². The van der Waals surface area contributed by atoms with Gasteiger partial charge in [0.15, 0.2) is 5.13 Å². The van der Waals surface area contributed by atoms with E-state index in [4.69, 9.17) is 11.6 Å². The maximum atomic E-state index is 12.1. The van der Waals surface area contributed by atoms with Crippen molar-refractivity contribution in [2.24, 2.45) is 0 Å². The highest BCUT2D eigenvalue weighted by Gasteiger charge is 2.09. The van der Waals surface area contributed by atoms with Gasteiger partial charge < -0.3 is 5.32 Å². The largest absolute Gasteiger partial charge is 0.325 e. The SMILES string of the molecule is O=C(Nc1cccc(Cl)c1)Nc1nc2ccc(-c3ccsc3)cc2s1. The first-order valence-electron chi connectivity index (χ1n) is 7.44. The molecule has 2 amide bonds. The molecule has 0 bridgehead atoms. The molecule has 0 aliphatic heterocycles. The van der Waals surface area contributed by atoms with E-state index >= 15 is 0 Å². The van der Waals surface area contributed by atoms with Gasteiger partial charge in [0.05, 0.1) is 10.2 Å². The fraction of sp³-hybridized carbons (Fsp3) is 0. The number of hydrogen-bond donors (Lipinski definition) is 2. The number of rotatable bonds is 3. The van der Waals surface area contributed by atoms with Crippen LogP contribution in [0.4, 0.5) is 15.6 Å². The lowest BCUT2D eigenvalue weighted by Gasteiger charge is -2.05. The number of thiazole rings is 1. The van der Waals surface area contributed by atoms with E-state index in [1.54, 1.807) is 35.6 Å². The second-order valence-electron chi connectivity index (χ2n) is 5.30. The first kappa shape index (κ1) is 16.1. The number of carbonyl (C=O) groups is 1. The first-order valence-corrected chi connectivity index (χ1v) is 9.58. The molecule has 0 saturated carbocycles. The van der Waals surface area contributed by atoms with Crippen LogP contribution >= 0.6 is 34.3 Å². The summed E-state index contributed by atoms with van der Waals surface area (Å²) in [5, 5.41) is 10.8. The molecule has 2 aromatic heterocycles. The fourth-order valence-corrected chi connectivity index (χ4v) is 4.17. The van der Waals surface area contributed by atoms with Crippen LogP contribution in [0, 0.1) is 0 Å². The number of hydrogen-bond acceptors (Lipinski definition) is 4. The van der Waals surface area contributed by atoms with Crippen LogP contribution < -0.4 is 10.6 Å². The second kappa shape index (κ2) is 6.84. The normalized spacial score (nSPS) is 10.8. The molecule has 0 radical (unpaired) electrons. The molecule has 0 spiro atoms. The summed E-state index contributed by atoms with van der Waals surface area (Å²) in [6.45, 7) is 0. The van der Waals surface area contributed by atoms with E-state index < -0.39 is 0 Å². The molecular formula is C18H12ClN3OS2. The highest BCUT2D eigenvalue weighted by molar-refractivity contribution is 7.22. The molecule has 25 heavy (non-hydrogen) atoms. The van der Waals surface area contributed by atoms with Gasteiger partial charge in [0, 0.05) is 10.7 Å². The molecule has 2 aromatic carbocycles. The number of fused-ring (bicyclic) bond motifs is 1. The molecule has 0 aliphatic carbocycles. The Hall–Kier alpha value is -2.41. The zero-order valence-corrected chi connectivity index (χ0v) is 15.2. The highest BCUT2D eigenvalue weighted by Crippen LogP contribution is 2.31. The van der Waals surface area contributed by atoms with Crippen LogP contribution in [-0.4, -0.2) is 11.0 Å². The standard InChI is InChI=1S/C18H12ClN3OS2/c19-13-2-1-3-14(9-13)20-17(23)22-18-21-15-5-4-11(8-16(15)25-18)12-6-7-24-10-12/h1-10H,(H2,20,21,22,23). The van der Waals surface area contributed by atoms with E-state index in [-0.39, 0.29) is 6.03 Å². The van der Waals surface area contributed by atoms with Gasteiger partial charge in [0.25, 0.3) is 0 Å². The van der Waals surface area contributed by atoms with Crippen LogP contribution in [0.15, 0.2) is 59.3 Å². The van der Waals surface area contributed by atoms with E-state index in [0.29, 0.717) is 15.8 Å². The maximum absolute atomic E-state index is 12.1. The number of nitrogens with one attached hydrogen (secondary N) is 2. The average molecular weight is 386 g/mol. The van der Waals surface area contributed by atoms with Gasteiger partial charge in [-0.1, -0.05) is 35.1 Å². The van der Waals surface area contributed by atoms with Crippen molar-refractivity contribution in [2.45, 2.75) is 0 Å².